The van der Waals surface area contributed by atoms with Gasteiger partial charge < -0.3 is 0 Å². The number of benzene rings is 3. The van der Waals surface area contributed by atoms with Gasteiger partial charge in [-0.05, 0) is 89.8 Å². The Bertz CT molecular complexity index is 977. The lowest BCUT2D eigenvalue weighted by Crippen LogP contribution is -2.14. The van der Waals surface area contributed by atoms with Crippen LogP contribution in [0.4, 0.5) is 13.2 Å². The molecule has 0 radical (unpaired) electrons. The van der Waals surface area contributed by atoms with Gasteiger partial charge in [0, 0.05) is 0 Å². The molecule has 0 bridgehead atoms. The van der Waals surface area contributed by atoms with Crippen LogP contribution in [0.5, 0.6) is 0 Å². The first-order valence-corrected chi connectivity index (χ1v) is 10.7. The topological polar surface area (TPSA) is 0 Å². The largest absolute Gasteiger partial charge is 0.207 e. The van der Waals surface area contributed by atoms with Gasteiger partial charge in [0.15, 0.2) is 0 Å². The summed E-state index contributed by atoms with van der Waals surface area (Å²) in [7, 11) is 0. The molecule has 1 aliphatic rings. The highest BCUT2D eigenvalue weighted by Crippen LogP contribution is 2.39. The third kappa shape index (κ3) is 4.34. The average molecular weight is 396 g/mol. The van der Waals surface area contributed by atoms with Gasteiger partial charge in [-0.1, -0.05) is 44.4 Å². The number of rotatable bonds is 5. The zero-order valence-corrected chi connectivity index (χ0v) is 16.9. The lowest BCUT2D eigenvalue weighted by Gasteiger charge is -2.29. The summed E-state index contributed by atoms with van der Waals surface area (Å²) in [6.45, 7) is 2.21. The molecule has 29 heavy (non-hydrogen) atoms. The Balaban J connectivity index is 1.57. The lowest BCUT2D eigenvalue weighted by molar-refractivity contribution is 0.303. The van der Waals surface area contributed by atoms with E-state index in [2.05, 4.69) is 6.92 Å². The van der Waals surface area contributed by atoms with Crippen LogP contribution in [0.2, 0.25) is 0 Å². The number of hydrogen-bond acceptors (Lipinski definition) is 0. The molecule has 0 atom stereocenters. The van der Waals surface area contributed by atoms with E-state index in [-0.39, 0.29) is 17.3 Å². The average Bonchev–Trinajstić information content (AvgIpc) is 2.72. The molecule has 1 saturated carbocycles. The minimum atomic E-state index is -0.519. The molecule has 1 aliphatic carbocycles. The van der Waals surface area contributed by atoms with Gasteiger partial charge in [-0.25, -0.2) is 13.2 Å². The molecule has 0 aromatic heterocycles. The second-order valence-electron chi connectivity index (χ2n) is 8.43. The van der Waals surface area contributed by atoms with E-state index in [4.69, 9.17) is 0 Å². The van der Waals surface area contributed by atoms with Crippen LogP contribution < -0.4 is 0 Å². The van der Waals surface area contributed by atoms with Crippen LogP contribution in [-0.4, -0.2) is 0 Å². The van der Waals surface area contributed by atoms with Crippen LogP contribution in [-0.2, 0) is 0 Å². The van der Waals surface area contributed by atoms with Gasteiger partial charge in [0.2, 0.25) is 0 Å². The fraction of sp³-hybridized carbons (Fsp3) is 0.385. The first-order valence-electron chi connectivity index (χ1n) is 10.7. The summed E-state index contributed by atoms with van der Waals surface area (Å²) >= 11 is 0. The summed E-state index contributed by atoms with van der Waals surface area (Å²) in [5.41, 5.74) is 1.26. The van der Waals surface area contributed by atoms with Gasteiger partial charge in [-0.2, -0.15) is 0 Å². The Morgan fingerprint density at radius 3 is 2.14 bits per heavy atom. The van der Waals surface area contributed by atoms with Crippen LogP contribution >= 0.6 is 0 Å². The lowest BCUT2D eigenvalue weighted by atomic mass is 9.77. The van der Waals surface area contributed by atoms with Crippen molar-refractivity contribution >= 4 is 10.8 Å². The summed E-state index contributed by atoms with van der Waals surface area (Å²) in [5, 5.41) is 1.48. The fourth-order valence-corrected chi connectivity index (χ4v) is 4.75. The fourth-order valence-electron chi connectivity index (χ4n) is 4.75. The highest BCUT2D eigenvalue weighted by molar-refractivity contribution is 5.87. The quantitative estimate of drug-likeness (QED) is 0.406. The first kappa shape index (κ1) is 20.0. The molecule has 0 nitrogen and oxygen atoms in total. The zero-order chi connectivity index (χ0) is 20.4. The van der Waals surface area contributed by atoms with Gasteiger partial charge in [0.05, 0.1) is 5.56 Å². The van der Waals surface area contributed by atoms with Crippen molar-refractivity contribution in [2.24, 2.45) is 5.92 Å². The second kappa shape index (κ2) is 8.61. The first-order chi connectivity index (χ1) is 14.0. The Labute approximate surface area is 170 Å². The van der Waals surface area contributed by atoms with Gasteiger partial charge in [-0.15, -0.1) is 0 Å². The van der Waals surface area contributed by atoms with Gasteiger partial charge in [0.1, 0.15) is 17.5 Å². The van der Waals surface area contributed by atoms with E-state index in [1.807, 2.05) is 0 Å². The van der Waals surface area contributed by atoms with Crippen molar-refractivity contribution in [2.75, 3.05) is 0 Å². The standard InChI is InChI=1S/C26H27F3/c1-2-3-4-17-5-7-18(8-6-17)22-15-24(28)26(25(29)16-22)21-10-9-20-14-23(27)12-11-19(20)13-21/h9-18H,2-8H2,1H3. The van der Waals surface area contributed by atoms with Crippen LogP contribution in [0, 0.1) is 23.4 Å². The maximum Gasteiger partial charge on any atom is 0.134 e. The van der Waals surface area contributed by atoms with Crippen molar-refractivity contribution in [2.45, 2.75) is 57.8 Å². The molecule has 0 amide bonds. The molecule has 0 saturated heterocycles. The molecule has 0 unspecified atom stereocenters. The van der Waals surface area contributed by atoms with E-state index >= 15 is 0 Å². The summed E-state index contributed by atoms with van der Waals surface area (Å²) in [4.78, 5) is 0. The minimum absolute atomic E-state index is 0.00314. The number of hydrogen-bond donors (Lipinski definition) is 0. The monoisotopic (exact) mass is 396 g/mol. The summed E-state index contributed by atoms with van der Waals surface area (Å²) in [5.74, 6) is -0.353. The van der Waals surface area contributed by atoms with Crippen molar-refractivity contribution in [1.82, 2.24) is 0 Å². The van der Waals surface area contributed by atoms with E-state index in [9.17, 15) is 13.2 Å². The minimum Gasteiger partial charge on any atom is -0.207 e. The second-order valence-corrected chi connectivity index (χ2v) is 8.43. The van der Waals surface area contributed by atoms with E-state index < -0.39 is 11.6 Å². The summed E-state index contributed by atoms with van der Waals surface area (Å²) in [6, 6.07) is 12.5. The molecule has 0 N–H and O–H groups in total. The van der Waals surface area contributed by atoms with Crippen molar-refractivity contribution in [3.8, 4) is 11.1 Å². The van der Waals surface area contributed by atoms with Gasteiger partial charge in [0.25, 0.3) is 0 Å². The van der Waals surface area contributed by atoms with Crippen molar-refractivity contribution in [1.29, 1.82) is 0 Å². The maximum absolute atomic E-state index is 15.0. The Kier molecular flexibility index (Phi) is 5.94. The van der Waals surface area contributed by atoms with E-state index in [1.54, 1.807) is 24.3 Å². The van der Waals surface area contributed by atoms with Crippen molar-refractivity contribution < 1.29 is 13.2 Å². The zero-order valence-electron chi connectivity index (χ0n) is 16.9. The third-order valence-electron chi connectivity index (χ3n) is 6.44. The molecule has 4 rings (SSSR count). The SMILES string of the molecule is CCCCC1CCC(c2cc(F)c(-c3ccc4cc(F)ccc4c3)c(F)c2)CC1. The van der Waals surface area contributed by atoms with E-state index in [0.29, 0.717) is 10.9 Å². The molecule has 3 heteroatoms. The van der Waals surface area contributed by atoms with Crippen LogP contribution in [0.3, 0.4) is 0 Å². The highest BCUT2D eigenvalue weighted by atomic mass is 19.1. The smallest absolute Gasteiger partial charge is 0.134 e. The Morgan fingerprint density at radius 2 is 1.45 bits per heavy atom. The molecule has 152 valence electrons. The predicted octanol–water partition coefficient (Wildman–Crippen LogP) is 8.39. The molecular formula is C26H27F3. The Hall–Kier alpha value is -2.29. The van der Waals surface area contributed by atoms with Crippen LogP contribution in [0.25, 0.3) is 21.9 Å². The van der Waals surface area contributed by atoms with Crippen LogP contribution in [0.1, 0.15) is 63.4 Å². The molecule has 1 fully saturated rings. The van der Waals surface area contributed by atoms with Crippen molar-refractivity contribution in [3.05, 3.63) is 71.5 Å². The number of fused-ring (bicyclic) bond motifs is 1. The molecule has 0 aliphatic heterocycles. The predicted molar refractivity (Wildman–Crippen MR) is 113 cm³/mol. The Morgan fingerprint density at radius 1 is 0.793 bits per heavy atom. The summed E-state index contributed by atoms with van der Waals surface area (Å²) < 4.78 is 43.3. The van der Waals surface area contributed by atoms with Crippen LogP contribution in [0.15, 0.2) is 48.5 Å². The number of unbranched alkanes of at least 4 members (excludes halogenated alkanes) is 1. The van der Waals surface area contributed by atoms with Gasteiger partial charge in [-0.3, -0.25) is 0 Å². The van der Waals surface area contributed by atoms with E-state index in [0.717, 1.165) is 42.6 Å². The molecule has 0 heterocycles. The normalized spacial score (nSPS) is 19.6. The van der Waals surface area contributed by atoms with E-state index in [1.165, 1.54) is 43.5 Å². The third-order valence-corrected chi connectivity index (χ3v) is 6.44. The molecule has 3 aromatic carbocycles. The van der Waals surface area contributed by atoms with Gasteiger partial charge >= 0.3 is 0 Å². The molecule has 3 aromatic rings. The summed E-state index contributed by atoms with van der Waals surface area (Å²) in [6.07, 6.45) is 8.08. The maximum atomic E-state index is 15.0. The molecular weight excluding hydrogens is 369 g/mol. The number of halogens is 3. The van der Waals surface area contributed by atoms with Crippen molar-refractivity contribution in [3.63, 3.8) is 0 Å². The molecule has 0 spiro atoms. The highest BCUT2D eigenvalue weighted by Gasteiger charge is 2.24.